The van der Waals surface area contributed by atoms with Crippen LogP contribution in [0.5, 0.6) is 0 Å². The second-order valence-electron chi connectivity index (χ2n) is 7.72. The van der Waals surface area contributed by atoms with Gasteiger partial charge in [0.05, 0.1) is 17.0 Å². The van der Waals surface area contributed by atoms with Crippen molar-refractivity contribution in [1.29, 1.82) is 5.41 Å². The summed E-state index contributed by atoms with van der Waals surface area (Å²) in [5, 5.41) is 15.6. The molecule has 0 radical (unpaired) electrons. The van der Waals surface area contributed by atoms with Crippen molar-refractivity contribution in [3.63, 3.8) is 0 Å². The number of amides is 1. The van der Waals surface area contributed by atoms with Crippen molar-refractivity contribution in [3.8, 4) is 0 Å². The van der Waals surface area contributed by atoms with E-state index in [1.54, 1.807) is 42.0 Å². The van der Waals surface area contributed by atoms with Gasteiger partial charge < -0.3 is 14.4 Å². The average molecular weight is 440 g/mol. The van der Waals surface area contributed by atoms with Gasteiger partial charge in [-0.25, -0.2) is 4.98 Å². The number of nitrogens with zero attached hydrogens (tertiary/aromatic N) is 4. The van der Waals surface area contributed by atoms with E-state index in [0.29, 0.717) is 17.1 Å². The monoisotopic (exact) mass is 440 g/mol. The van der Waals surface area contributed by atoms with Gasteiger partial charge in [0.15, 0.2) is 5.82 Å². The van der Waals surface area contributed by atoms with Gasteiger partial charge in [-0.2, -0.15) is 0 Å². The molecular formula is C24H20N6O3. The Morgan fingerprint density at radius 3 is 2.61 bits per heavy atom. The zero-order chi connectivity index (χ0) is 23.1. The largest absolute Gasteiger partial charge is 0.360 e. The Balaban J connectivity index is 1.79. The molecule has 5 rings (SSSR count). The van der Waals surface area contributed by atoms with Crippen molar-refractivity contribution in [2.75, 3.05) is 5.32 Å². The van der Waals surface area contributed by atoms with Crippen molar-refractivity contribution < 1.29 is 9.32 Å². The maximum atomic E-state index is 13.3. The van der Waals surface area contributed by atoms with Crippen molar-refractivity contribution in [2.45, 2.75) is 19.9 Å². The summed E-state index contributed by atoms with van der Waals surface area (Å²) in [4.78, 5) is 31.1. The molecule has 0 bridgehead atoms. The lowest BCUT2D eigenvalue weighted by Crippen LogP contribution is -2.34. The van der Waals surface area contributed by atoms with Crippen LogP contribution < -0.4 is 16.4 Å². The predicted molar refractivity (Wildman–Crippen MR) is 122 cm³/mol. The Hall–Kier alpha value is -4.53. The first kappa shape index (κ1) is 20.4. The molecule has 4 aromatic heterocycles. The molecule has 1 unspecified atom stereocenters. The third-order valence-corrected chi connectivity index (χ3v) is 5.55. The summed E-state index contributed by atoms with van der Waals surface area (Å²) < 4.78 is 8.04. The van der Waals surface area contributed by atoms with E-state index in [1.807, 2.05) is 37.3 Å². The van der Waals surface area contributed by atoms with Gasteiger partial charge in [0, 0.05) is 12.3 Å². The summed E-state index contributed by atoms with van der Waals surface area (Å²) in [6, 6.07) is 17.5. The minimum atomic E-state index is -0.568. The molecule has 0 aliphatic rings. The number of aromatic nitrogens is 4. The van der Waals surface area contributed by atoms with Crippen LogP contribution in [0.3, 0.4) is 0 Å². The third-order valence-electron chi connectivity index (χ3n) is 5.55. The van der Waals surface area contributed by atoms with Crippen LogP contribution in [0.4, 0.5) is 5.82 Å². The van der Waals surface area contributed by atoms with Crippen molar-refractivity contribution in [2.24, 2.45) is 0 Å². The number of carbonyl (C=O) groups excluding carboxylic acids is 1. The molecule has 2 N–H and O–H groups in total. The molecule has 0 saturated heterocycles. The van der Waals surface area contributed by atoms with Crippen LogP contribution in [0, 0.1) is 12.3 Å². The Kier molecular flexibility index (Phi) is 4.86. The molecule has 0 spiro atoms. The molecule has 0 fully saturated rings. The average Bonchev–Trinajstić information content (AvgIpc) is 3.23. The Labute approximate surface area is 187 Å². The predicted octanol–water partition coefficient (Wildman–Crippen LogP) is 3.29. The lowest BCUT2D eigenvalue weighted by molar-refractivity contribution is 0.102. The van der Waals surface area contributed by atoms with Crippen LogP contribution >= 0.6 is 0 Å². The molecule has 164 valence electrons. The zero-order valence-electron chi connectivity index (χ0n) is 17.9. The van der Waals surface area contributed by atoms with E-state index in [2.05, 4.69) is 15.5 Å². The zero-order valence-corrected chi connectivity index (χ0v) is 17.9. The number of pyridine rings is 2. The fourth-order valence-corrected chi connectivity index (χ4v) is 3.89. The fraction of sp³-hybridized carbons (Fsp3) is 0.125. The number of benzene rings is 1. The lowest BCUT2D eigenvalue weighted by atomic mass is 10.1. The molecule has 1 aromatic carbocycles. The maximum absolute atomic E-state index is 13.3. The van der Waals surface area contributed by atoms with Gasteiger partial charge in [0.1, 0.15) is 22.5 Å². The van der Waals surface area contributed by atoms with Crippen LogP contribution in [0.25, 0.3) is 16.7 Å². The van der Waals surface area contributed by atoms with Crippen LogP contribution in [0.2, 0.25) is 0 Å². The maximum Gasteiger partial charge on any atom is 0.267 e. The van der Waals surface area contributed by atoms with Gasteiger partial charge in [-0.15, -0.1) is 0 Å². The molecule has 4 heterocycles. The Bertz CT molecular complexity index is 1630. The van der Waals surface area contributed by atoms with Crippen LogP contribution in [-0.2, 0) is 0 Å². The molecular weight excluding hydrogens is 420 g/mol. The molecule has 0 aliphatic heterocycles. The minimum Gasteiger partial charge on any atom is -0.360 e. The first-order valence-corrected chi connectivity index (χ1v) is 10.3. The second-order valence-corrected chi connectivity index (χ2v) is 7.72. The van der Waals surface area contributed by atoms with E-state index in [-0.39, 0.29) is 33.9 Å². The van der Waals surface area contributed by atoms with Crippen molar-refractivity contribution in [3.05, 3.63) is 99.6 Å². The van der Waals surface area contributed by atoms with E-state index in [9.17, 15) is 9.59 Å². The van der Waals surface area contributed by atoms with E-state index >= 15 is 0 Å². The smallest absolute Gasteiger partial charge is 0.267 e. The highest BCUT2D eigenvalue weighted by atomic mass is 16.5. The SMILES string of the molecule is Cc1cc(NC(=O)c2cc3c(=O)n4ccccc4nc3n(C(C)c3ccccc3)c2=N)no1. The molecule has 5 aromatic rings. The number of nitrogens with one attached hydrogen (secondary N) is 2. The highest BCUT2D eigenvalue weighted by molar-refractivity contribution is 6.05. The normalized spacial score (nSPS) is 12.2. The quantitative estimate of drug-likeness (QED) is 0.416. The fourth-order valence-electron chi connectivity index (χ4n) is 3.89. The van der Waals surface area contributed by atoms with E-state index < -0.39 is 5.91 Å². The number of hydrogen-bond donors (Lipinski definition) is 2. The summed E-state index contributed by atoms with van der Waals surface area (Å²) in [5.74, 6) is 0.200. The number of fused-ring (bicyclic) bond motifs is 2. The molecule has 9 nitrogen and oxygen atoms in total. The van der Waals surface area contributed by atoms with Crippen LogP contribution in [0.15, 0.2) is 76.2 Å². The van der Waals surface area contributed by atoms with E-state index in [4.69, 9.17) is 9.93 Å². The highest BCUT2D eigenvalue weighted by Crippen LogP contribution is 2.21. The minimum absolute atomic E-state index is 0.0284. The summed E-state index contributed by atoms with van der Waals surface area (Å²) >= 11 is 0. The molecule has 9 heteroatoms. The molecule has 33 heavy (non-hydrogen) atoms. The number of carbonyl (C=O) groups is 1. The van der Waals surface area contributed by atoms with Gasteiger partial charge in [-0.3, -0.25) is 19.4 Å². The van der Waals surface area contributed by atoms with Crippen LogP contribution in [-0.4, -0.2) is 25.0 Å². The molecule has 0 saturated carbocycles. The molecule has 1 amide bonds. The van der Waals surface area contributed by atoms with E-state index in [1.165, 1.54) is 10.5 Å². The first-order valence-electron chi connectivity index (χ1n) is 10.3. The van der Waals surface area contributed by atoms with Crippen LogP contribution in [0.1, 0.15) is 34.6 Å². The molecule has 1 atom stereocenters. The van der Waals surface area contributed by atoms with Gasteiger partial charge in [-0.05, 0) is 37.6 Å². The number of aryl methyl sites for hydroxylation is 1. The Morgan fingerprint density at radius 1 is 1.12 bits per heavy atom. The standard InChI is InChI=1S/C24H20N6O3/c1-14-12-19(28-33-14)26-23(31)17-13-18-22(27-20-10-6-7-11-29(20)24(18)32)30(21(17)25)15(2)16-8-4-3-5-9-16/h3-13,15,25H,1-2H3,(H,26,28,31). The number of rotatable bonds is 4. The van der Waals surface area contributed by atoms with Crippen molar-refractivity contribution in [1.82, 2.24) is 19.1 Å². The van der Waals surface area contributed by atoms with Crippen molar-refractivity contribution >= 4 is 28.4 Å². The second kappa shape index (κ2) is 7.86. The van der Waals surface area contributed by atoms with Gasteiger partial charge in [-0.1, -0.05) is 41.6 Å². The summed E-state index contributed by atoms with van der Waals surface area (Å²) in [6.07, 6.45) is 1.63. The topological polar surface area (TPSA) is 118 Å². The first-order chi connectivity index (χ1) is 15.9. The van der Waals surface area contributed by atoms with Gasteiger partial charge in [0.2, 0.25) is 0 Å². The summed E-state index contributed by atoms with van der Waals surface area (Å²) in [5.41, 5.74) is 1.34. The number of anilines is 1. The summed E-state index contributed by atoms with van der Waals surface area (Å²) in [7, 11) is 0. The number of hydrogen-bond acceptors (Lipinski definition) is 6. The molecule has 0 aliphatic carbocycles. The highest BCUT2D eigenvalue weighted by Gasteiger charge is 2.21. The lowest BCUT2D eigenvalue weighted by Gasteiger charge is -2.20. The van der Waals surface area contributed by atoms with E-state index in [0.717, 1.165) is 5.56 Å². The Morgan fingerprint density at radius 2 is 1.88 bits per heavy atom. The third kappa shape index (κ3) is 3.49. The van der Waals surface area contributed by atoms with Gasteiger partial charge >= 0.3 is 0 Å². The summed E-state index contributed by atoms with van der Waals surface area (Å²) in [6.45, 7) is 3.62. The van der Waals surface area contributed by atoms with Gasteiger partial charge in [0.25, 0.3) is 11.5 Å².